The Morgan fingerprint density at radius 1 is 1.50 bits per heavy atom. The fraction of sp³-hybridized carbons (Fsp3) is 0.500. The average Bonchev–Trinajstić information content (AvgIpc) is 1.96. The lowest BCUT2D eigenvalue weighted by Crippen LogP contribution is -2.35. The summed E-state index contributed by atoms with van der Waals surface area (Å²) in [5.74, 6) is -0.309. The normalized spacial score (nSPS) is 10.9. The maximum atomic E-state index is 10.5. The largest absolute Gasteiger partial charge is 0.492 e. The van der Waals surface area contributed by atoms with Crippen LogP contribution in [0.4, 0.5) is 0 Å². The molecule has 5 nitrogen and oxygen atoms in total. The number of rotatable bonds is 5. The summed E-state index contributed by atoms with van der Waals surface area (Å²) in [7, 11) is -3.92. The van der Waals surface area contributed by atoms with E-state index in [-0.39, 0.29) is 12.0 Å². The maximum Gasteiger partial charge on any atom is 0.492 e. The molecule has 0 fully saturated rings. The minimum Gasteiger partial charge on any atom is -0.390 e. The lowest BCUT2D eigenvalue weighted by Gasteiger charge is -2.08. The molecule has 0 aliphatic heterocycles. The molecule has 6 heteroatoms. The highest BCUT2D eigenvalue weighted by Gasteiger charge is 2.25. The van der Waals surface area contributed by atoms with Crippen LogP contribution in [0.3, 0.4) is 0 Å². The van der Waals surface area contributed by atoms with Crippen molar-refractivity contribution < 1.29 is 19.2 Å². The van der Waals surface area contributed by atoms with Gasteiger partial charge in [0.25, 0.3) is 0 Å². The van der Waals surface area contributed by atoms with Crippen LogP contribution in [0.5, 0.6) is 0 Å². The highest BCUT2D eigenvalue weighted by molar-refractivity contribution is 6.56. The molecule has 0 atom stereocenters. The molecule has 12 heavy (non-hydrogen) atoms. The van der Waals surface area contributed by atoms with E-state index in [4.69, 9.17) is 14.4 Å². The molecular formula is C6H13NO4Si. The van der Waals surface area contributed by atoms with E-state index in [1.54, 1.807) is 0 Å². The van der Waals surface area contributed by atoms with E-state index in [0.717, 1.165) is 6.08 Å². The van der Waals surface area contributed by atoms with Crippen LogP contribution in [-0.4, -0.2) is 35.6 Å². The van der Waals surface area contributed by atoms with Crippen LogP contribution >= 0.6 is 0 Å². The van der Waals surface area contributed by atoms with Crippen LogP contribution in [0, 0.1) is 0 Å². The first-order valence-corrected chi connectivity index (χ1v) is 5.58. The molecule has 0 aromatic heterocycles. The fourth-order valence-electron chi connectivity index (χ4n) is 0.609. The van der Waals surface area contributed by atoms with Gasteiger partial charge in [0.2, 0.25) is 5.91 Å². The first kappa shape index (κ1) is 11.3. The van der Waals surface area contributed by atoms with Crippen LogP contribution in [-0.2, 0) is 4.79 Å². The standard InChI is InChI=1S/C6H13NO4Si/c1-2-6(8)7-4-3-5-12(9,10)11/h2,9-11H,1,3-5H2,(H,7,8). The number of nitrogens with one attached hydrogen (secondary N) is 1. The van der Waals surface area contributed by atoms with Gasteiger partial charge in [-0.05, 0) is 12.5 Å². The SMILES string of the molecule is C=CC(=O)NCCC[Si](O)(O)O. The summed E-state index contributed by atoms with van der Waals surface area (Å²) in [6, 6.07) is -0.0651. The zero-order chi connectivity index (χ0) is 9.61. The van der Waals surface area contributed by atoms with Crippen molar-refractivity contribution in [1.29, 1.82) is 0 Å². The minimum atomic E-state index is -3.92. The summed E-state index contributed by atoms with van der Waals surface area (Å²) >= 11 is 0. The second-order valence-electron chi connectivity index (χ2n) is 2.37. The predicted molar refractivity (Wildman–Crippen MR) is 45.0 cm³/mol. The molecule has 0 aliphatic carbocycles. The molecule has 0 radical (unpaired) electrons. The number of hydrogen-bond acceptors (Lipinski definition) is 4. The van der Waals surface area contributed by atoms with Crippen molar-refractivity contribution in [2.45, 2.75) is 12.5 Å². The van der Waals surface area contributed by atoms with Gasteiger partial charge in [-0.2, -0.15) is 0 Å². The molecule has 0 saturated heterocycles. The molecule has 4 N–H and O–H groups in total. The van der Waals surface area contributed by atoms with Crippen molar-refractivity contribution in [3.63, 3.8) is 0 Å². The molecule has 0 unspecified atom stereocenters. The van der Waals surface area contributed by atoms with Crippen LogP contribution in [0.1, 0.15) is 6.42 Å². The van der Waals surface area contributed by atoms with Gasteiger partial charge in [0.15, 0.2) is 0 Å². The predicted octanol–water partition coefficient (Wildman–Crippen LogP) is -1.41. The Morgan fingerprint density at radius 3 is 2.50 bits per heavy atom. The molecule has 1 amide bonds. The Kier molecular flexibility index (Phi) is 4.75. The summed E-state index contributed by atoms with van der Waals surface area (Å²) in [4.78, 5) is 36.2. The van der Waals surface area contributed by atoms with Crippen molar-refractivity contribution in [3.8, 4) is 0 Å². The molecule has 0 aromatic carbocycles. The topological polar surface area (TPSA) is 89.8 Å². The molecular weight excluding hydrogens is 178 g/mol. The van der Waals surface area contributed by atoms with Crippen molar-refractivity contribution in [3.05, 3.63) is 12.7 Å². The third kappa shape index (κ3) is 7.41. The Bertz CT molecular complexity index is 165. The zero-order valence-electron chi connectivity index (χ0n) is 6.66. The Balaban J connectivity index is 3.34. The summed E-state index contributed by atoms with van der Waals surface area (Å²) in [6.07, 6.45) is 1.47. The Labute approximate surface area is 71.7 Å². The third-order valence-electron chi connectivity index (χ3n) is 1.17. The van der Waals surface area contributed by atoms with E-state index in [1.165, 1.54) is 0 Å². The third-order valence-corrected chi connectivity index (χ3v) is 2.20. The van der Waals surface area contributed by atoms with E-state index >= 15 is 0 Å². The maximum absolute atomic E-state index is 10.5. The number of carbonyl (C=O) groups excluding carboxylic acids is 1. The molecule has 0 heterocycles. The van der Waals surface area contributed by atoms with Crippen LogP contribution < -0.4 is 5.32 Å². The van der Waals surface area contributed by atoms with Gasteiger partial charge < -0.3 is 19.7 Å². The summed E-state index contributed by atoms with van der Waals surface area (Å²) in [6.45, 7) is 3.54. The van der Waals surface area contributed by atoms with Crippen LogP contribution in [0.2, 0.25) is 6.04 Å². The van der Waals surface area contributed by atoms with Crippen molar-refractivity contribution >= 4 is 14.7 Å². The summed E-state index contributed by atoms with van der Waals surface area (Å²) in [5.41, 5.74) is 0. The van der Waals surface area contributed by atoms with Crippen molar-refractivity contribution in [2.24, 2.45) is 0 Å². The molecule has 0 aliphatic rings. The van der Waals surface area contributed by atoms with Gasteiger partial charge in [-0.15, -0.1) is 0 Å². The van der Waals surface area contributed by atoms with Gasteiger partial charge in [-0.3, -0.25) is 4.79 Å². The van der Waals surface area contributed by atoms with Gasteiger partial charge in [-0.1, -0.05) is 6.58 Å². The highest BCUT2D eigenvalue weighted by atomic mass is 28.4. The first-order valence-electron chi connectivity index (χ1n) is 3.53. The average molecular weight is 191 g/mol. The van der Waals surface area contributed by atoms with E-state index in [2.05, 4.69) is 11.9 Å². The fourth-order valence-corrected chi connectivity index (χ4v) is 1.26. The molecule has 0 saturated carbocycles. The van der Waals surface area contributed by atoms with Gasteiger partial charge in [0, 0.05) is 12.6 Å². The molecule has 0 bridgehead atoms. The lowest BCUT2D eigenvalue weighted by atomic mass is 10.4. The molecule has 0 aromatic rings. The molecule has 0 rings (SSSR count). The monoisotopic (exact) mass is 191 g/mol. The first-order chi connectivity index (χ1) is 5.45. The number of carbonyl (C=O) groups is 1. The highest BCUT2D eigenvalue weighted by Crippen LogP contribution is 1.99. The van der Waals surface area contributed by atoms with Crippen LogP contribution in [0.25, 0.3) is 0 Å². The number of amides is 1. The summed E-state index contributed by atoms with van der Waals surface area (Å²) < 4.78 is 0. The second kappa shape index (κ2) is 5.04. The Morgan fingerprint density at radius 2 is 2.08 bits per heavy atom. The van der Waals surface area contributed by atoms with E-state index in [0.29, 0.717) is 13.0 Å². The van der Waals surface area contributed by atoms with E-state index in [1.807, 2.05) is 0 Å². The van der Waals surface area contributed by atoms with Gasteiger partial charge >= 0.3 is 8.80 Å². The van der Waals surface area contributed by atoms with Gasteiger partial charge in [0.05, 0.1) is 0 Å². The van der Waals surface area contributed by atoms with Gasteiger partial charge in [0.1, 0.15) is 0 Å². The zero-order valence-corrected chi connectivity index (χ0v) is 7.66. The Hall–Kier alpha value is -0.693. The number of hydrogen-bond donors (Lipinski definition) is 4. The van der Waals surface area contributed by atoms with Crippen LogP contribution in [0.15, 0.2) is 12.7 Å². The quantitative estimate of drug-likeness (QED) is 0.244. The molecule has 0 spiro atoms. The lowest BCUT2D eigenvalue weighted by molar-refractivity contribution is -0.116. The second-order valence-corrected chi connectivity index (χ2v) is 4.42. The summed E-state index contributed by atoms with van der Waals surface area (Å²) in [5, 5.41) is 2.44. The van der Waals surface area contributed by atoms with E-state index in [9.17, 15) is 4.79 Å². The van der Waals surface area contributed by atoms with Crippen molar-refractivity contribution in [1.82, 2.24) is 5.32 Å². The smallest absolute Gasteiger partial charge is 0.390 e. The van der Waals surface area contributed by atoms with E-state index < -0.39 is 8.80 Å². The van der Waals surface area contributed by atoms with Crippen molar-refractivity contribution in [2.75, 3.05) is 6.54 Å². The minimum absolute atomic E-state index is 0.0651. The molecule has 70 valence electrons. The van der Waals surface area contributed by atoms with Gasteiger partial charge in [-0.25, -0.2) is 0 Å².